The summed E-state index contributed by atoms with van der Waals surface area (Å²) in [7, 11) is 0. The zero-order chi connectivity index (χ0) is 12.8. The second-order valence-electron chi connectivity index (χ2n) is 3.48. The Hall–Kier alpha value is -0.880. The summed E-state index contributed by atoms with van der Waals surface area (Å²) in [6, 6.07) is 7.55. The Kier molecular flexibility index (Phi) is 5.64. The van der Waals surface area contributed by atoms with Crippen LogP contribution < -0.4 is 5.73 Å². The molecule has 4 nitrogen and oxygen atoms in total. The first kappa shape index (κ1) is 14.2. The topological polar surface area (TPSA) is 63.4 Å². The smallest absolute Gasteiger partial charge is 0.237 e. The number of primary amides is 1. The highest BCUT2D eigenvalue weighted by molar-refractivity contribution is 9.10. The molecule has 0 heterocycles. The molecular weight excluding hydrogens is 352 g/mol. The van der Waals surface area contributed by atoms with Crippen LogP contribution in [0, 0.1) is 0 Å². The molecular formula is C11H12Br2N2O2. The molecule has 0 bridgehead atoms. The predicted octanol–water partition coefficient (Wildman–Crippen LogP) is 1.66. The largest absolute Gasteiger partial charge is 0.368 e. The van der Waals surface area contributed by atoms with Crippen LogP contribution in [0.2, 0.25) is 0 Å². The molecule has 0 fully saturated rings. The van der Waals surface area contributed by atoms with E-state index in [0.717, 1.165) is 10.0 Å². The first-order chi connectivity index (χ1) is 8.02. The van der Waals surface area contributed by atoms with Crippen LogP contribution in [-0.4, -0.2) is 28.6 Å². The number of halogens is 2. The van der Waals surface area contributed by atoms with Gasteiger partial charge in [0.25, 0.3) is 0 Å². The molecule has 0 atom stereocenters. The Morgan fingerprint density at radius 1 is 1.24 bits per heavy atom. The SMILES string of the molecule is NC(=O)CN(Cc1ccc(Br)cc1)C(=O)CBr. The highest BCUT2D eigenvalue weighted by atomic mass is 79.9. The molecule has 0 aliphatic carbocycles. The van der Waals surface area contributed by atoms with Crippen LogP contribution in [-0.2, 0) is 16.1 Å². The van der Waals surface area contributed by atoms with Crippen molar-refractivity contribution in [2.24, 2.45) is 5.73 Å². The standard InChI is InChI=1S/C11H12Br2N2O2/c12-5-11(17)15(7-10(14)16)6-8-1-3-9(13)4-2-8/h1-4H,5-7H2,(H2,14,16). The summed E-state index contributed by atoms with van der Waals surface area (Å²) in [6.07, 6.45) is 0. The fourth-order valence-corrected chi connectivity index (χ4v) is 1.93. The molecule has 0 unspecified atom stereocenters. The third-order valence-electron chi connectivity index (χ3n) is 2.10. The number of hydrogen-bond acceptors (Lipinski definition) is 2. The lowest BCUT2D eigenvalue weighted by Crippen LogP contribution is -2.38. The van der Waals surface area contributed by atoms with E-state index in [9.17, 15) is 9.59 Å². The molecule has 0 saturated carbocycles. The summed E-state index contributed by atoms with van der Waals surface area (Å²) >= 11 is 6.41. The van der Waals surface area contributed by atoms with E-state index in [4.69, 9.17) is 5.73 Å². The number of nitrogens with zero attached hydrogens (tertiary/aromatic N) is 1. The molecule has 0 aliphatic heterocycles. The van der Waals surface area contributed by atoms with E-state index in [-0.39, 0.29) is 17.8 Å². The number of alkyl halides is 1. The molecule has 1 rings (SSSR count). The second kappa shape index (κ2) is 6.76. The van der Waals surface area contributed by atoms with Crippen molar-refractivity contribution < 1.29 is 9.59 Å². The normalized spacial score (nSPS) is 10.0. The van der Waals surface area contributed by atoms with Crippen molar-refractivity contribution >= 4 is 43.7 Å². The number of amides is 2. The molecule has 2 N–H and O–H groups in total. The van der Waals surface area contributed by atoms with Gasteiger partial charge in [0.05, 0.1) is 11.9 Å². The average Bonchev–Trinajstić information content (AvgIpc) is 2.29. The van der Waals surface area contributed by atoms with E-state index in [1.807, 2.05) is 24.3 Å². The maximum Gasteiger partial charge on any atom is 0.237 e. The Bertz CT molecular complexity index is 406. The Morgan fingerprint density at radius 3 is 2.29 bits per heavy atom. The minimum atomic E-state index is -0.517. The lowest BCUT2D eigenvalue weighted by Gasteiger charge is -2.20. The van der Waals surface area contributed by atoms with Gasteiger partial charge in [0.1, 0.15) is 0 Å². The molecule has 1 aromatic rings. The van der Waals surface area contributed by atoms with Crippen LogP contribution in [0.1, 0.15) is 5.56 Å². The van der Waals surface area contributed by atoms with E-state index in [1.165, 1.54) is 4.90 Å². The maximum atomic E-state index is 11.6. The van der Waals surface area contributed by atoms with Crippen molar-refractivity contribution in [3.8, 4) is 0 Å². The maximum absolute atomic E-state index is 11.6. The summed E-state index contributed by atoms with van der Waals surface area (Å²) in [5.74, 6) is -0.678. The Balaban J connectivity index is 2.75. The second-order valence-corrected chi connectivity index (χ2v) is 4.95. The van der Waals surface area contributed by atoms with Gasteiger partial charge in [0.15, 0.2) is 0 Å². The average molecular weight is 364 g/mol. The Morgan fingerprint density at radius 2 is 1.82 bits per heavy atom. The number of carbonyl (C=O) groups is 2. The Labute approximate surface area is 116 Å². The predicted molar refractivity (Wildman–Crippen MR) is 72.5 cm³/mol. The van der Waals surface area contributed by atoms with Crippen LogP contribution in [0.5, 0.6) is 0 Å². The first-order valence-electron chi connectivity index (χ1n) is 4.89. The molecule has 2 amide bonds. The number of rotatable bonds is 5. The summed E-state index contributed by atoms with van der Waals surface area (Å²) < 4.78 is 0.967. The monoisotopic (exact) mass is 362 g/mol. The minimum Gasteiger partial charge on any atom is -0.368 e. The summed E-state index contributed by atoms with van der Waals surface area (Å²) in [4.78, 5) is 23.9. The summed E-state index contributed by atoms with van der Waals surface area (Å²) in [6.45, 7) is 0.307. The molecule has 0 radical (unpaired) electrons. The highest BCUT2D eigenvalue weighted by Gasteiger charge is 2.14. The summed E-state index contributed by atoms with van der Waals surface area (Å²) in [5, 5.41) is 0.177. The molecule has 6 heteroatoms. The van der Waals surface area contributed by atoms with Crippen molar-refractivity contribution in [1.29, 1.82) is 0 Å². The van der Waals surface area contributed by atoms with E-state index >= 15 is 0 Å². The van der Waals surface area contributed by atoms with Gasteiger partial charge < -0.3 is 10.6 Å². The van der Waals surface area contributed by atoms with Gasteiger partial charge >= 0.3 is 0 Å². The molecule has 92 valence electrons. The molecule has 17 heavy (non-hydrogen) atoms. The van der Waals surface area contributed by atoms with Crippen LogP contribution in [0.15, 0.2) is 28.7 Å². The molecule has 1 aromatic carbocycles. The molecule has 0 aliphatic rings. The fraction of sp³-hybridized carbons (Fsp3) is 0.273. The van der Waals surface area contributed by atoms with Crippen molar-refractivity contribution in [2.45, 2.75) is 6.54 Å². The third-order valence-corrected chi connectivity index (χ3v) is 3.11. The number of benzene rings is 1. The van der Waals surface area contributed by atoms with Gasteiger partial charge in [-0.3, -0.25) is 9.59 Å². The van der Waals surface area contributed by atoms with Gasteiger partial charge in [-0.1, -0.05) is 44.0 Å². The van der Waals surface area contributed by atoms with Crippen LogP contribution in [0.3, 0.4) is 0 Å². The van der Waals surface area contributed by atoms with Gasteiger partial charge in [0, 0.05) is 11.0 Å². The van der Waals surface area contributed by atoms with Crippen LogP contribution in [0.25, 0.3) is 0 Å². The van der Waals surface area contributed by atoms with E-state index < -0.39 is 5.91 Å². The van der Waals surface area contributed by atoms with E-state index in [0.29, 0.717) is 6.54 Å². The van der Waals surface area contributed by atoms with Gasteiger partial charge in [-0.05, 0) is 17.7 Å². The lowest BCUT2D eigenvalue weighted by atomic mass is 10.2. The molecule has 0 spiro atoms. The van der Waals surface area contributed by atoms with Crippen molar-refractivity contribution in [2.75, 3.05) is 11.9 Å². The van der Waals surface area contributed by atoms with Gasteiger partial charge in [0.2, 0.25) is 11.8 Å². The highest BCUT2D eigenvalue weighted by Crippen LogP contribution is 2.12. The van der Waals surface area contributed by atoms with E-state index in [2.05, 4.69) is 31.9 Å². The third kappa shape index (κ3) is 4.87. The summed E-state index contributed by atoms with van der Waals surface area (Å²) in [5.41, 5.74) is 6.06. The van der Waals surface area contributed by atoms with E-state index in [1.54, 1.807) is 0 Å². The first-order valence-corrected chi connectivity index (χ1v) is 6.81. The van der Waals surface area contributed by atoms with Gasteiger partial charge in [-0.15, -0.1) is 0 Å². The quantitative estimate of drug-likeness (QED) is 0.808. The number of carbonyl (C=O) groups excluding carboxylic acids is 2. The van der Waals surface area contributed by atoms with Crippen LogP contribution in [0.4, 0.5) is 0 Å². The van der Waals surface area contributed by atoms with Crippen molar-refractivity contribution in [3.05, 3.63) is 34.3 Å². The zero-order valence-electron chi connectivity index (χ0n) is 9.03. The van der Waals surface area contributed by atoms with Gasteiger partial charge in [-0.25, -0.2) is 0 Å². The minimum absolute atomic E-state index is 0.0690. The number of hydrogen-bond donors (Lipinski definition) is 1. The van der Waals surface area contributed by atoms with Crippen molar-refractivity contribution in [3.63, 3.8) is 0 Å². The fourth-order valence-electron chi connectivity index (χ4n) is 1.32. The molecule has 0 saturated heterocycles. The van der Waals surface area contributed by atoms with Gasteiger partial charge in [-0.2, -0.15) is 0 Å². The van der Waals surface area contributed by atoms with Crippen LogP contribution >= 0.6 is 31.9 Å². The number of nitrogens with two attached hydrogens (primary N) is 1. The zero-order valence-corrected chi connectivity index (χ0v) is 12.2. The lowest BCUT2D eigenvalue weighted by molar-refractivity contribution is -0.133. The van der Waals surface area contributed by atoms with Crippen molar-refractivity contribution in [1.82, 2.24) is 4.90 Å². The molecule has 0 aromatic heterocycles.